The number of carbonyl (C=O) groups is 1. The van der Waals surface area contributed by atoms with Crippen molar-refractivity contribution in [3.63, 3.8) is 0 Å². The Balaban J connectivity index is 1.95. The molecule has 0 aliphatic carbocycles. The molecule has 1 aliphatic rings. The lowest BCUT2D eigenvalue weighted by Gasteiger charge is -2.18. The fourth-order valence-corrected chi connectivity index (χ4v) is 6.84. The average molecular weight is 451 g/mol. The van der Waals surface area contributed by atoms with Crippen LogP contribution in [0, 0.1) is 5.41 Å². The van der Waals surface area contributed by atoms with E-state index in [0.717, 1.165) is 15.4 Å². The lowest BCUT2D eigenvalue weighted by molar-refractivity contribution is -0.123. The van der Waals surface area contributed by atoms with Gasteiger partial charge in [0, 0.05) is 0 Å². The van der Waals surface area contributed by atoms with Crippen LogP contribution in [0.25, 0.3) is 0 Å². The van der Waals surface area contributed by atoms with E-state index in [1.165, 1.54) is 24.3 Å². The molecule has 162 valence electrons. The minimum Gasteiger partial charge on any atom is -0.279 e. The molecular weight excluding hydrogens is 424 g/mol. The van der Waals surface area contributed by atoms with E-state index < -0.39 is 31.4 Å². The molecule has 2 aromatic carbocycles. The van der Waals surface area contributed by atoms with Crippen LogP contribution < -0.4 is 9.03 Å². The molecule has 0 atom stereocenters. The SMILES string of the molecule is CCc1cccc(CC)c1NS(=O)(=O)c1ccc(N2C(=O)C(C)(C)CS2(=O)=O)cc1. The van der Waals surface area contributed by atoms with Gasteiger partial charge in [-0.15, -0.1) is 0 Å². The Morgan fingerprint density at radius 2 is 1.53 bits per heavy atom. The number of hydrogen-bond acceptors (Lipinski definition) is 5. The third-order valence-electron chi connectivity index (χ3n) is 5.20. The molecule has 3 rings (SSSR count). The predicted molar refractivity (Wildman–Crippen MR) is 118 cm³/mol. The van der Waals surface area contributed by atoms with Crippen LogP contribution in [0.15, 0.2) is 47.4 Å². The molecule has 1 fully saturated rings. The highest BCUT2D eigenvalue weighted by Crippen LogP contribution is 2.36. The van der Waals surface area contributed by atoms with Crippen molar-refractivity contribution >= 4 is 37.3 Å². The normalized spacial score (nSPS) is 17.9. The second-order valence-electron chi connectivity index (χ2n) is 7.97. The molecule has 0 spiro atoms. The summed E-state index contributed by atoms with van der Waals surface area (Å²) < 4.78 is 54.2. The summed E-state index contributed by atoms with van der Waals surface area (Å²) in [7, 11) is -7.68. The number of nitrogens with zero attached hydrogens (tertiary/aromatic N) is 1. The molecule has 1 amide bonds. The highest BCUT2D eigenvalue weighted by molar-refractivity contribution is 7.94. The van der Waals surface area contributed by atoms with E-state index >= 15 is 0 Å². The van der Waals surface area contributed by atoms with Gasteiger partial charge in [-0.25, -0.2) is 21.1 Å². The Hall–Kier alpha value is -2.39. The summed E-state index contributed by atoms with van der Waals surface area (Å²) >= 11 is 0. The number of amides is 1. The topological polar surface area (TPSA) is 101 Å². The summed E-state index contributed by atoms with van der Waals surface area (Å²) in [5.74, 6) is -0.811. The maximum absolute atomic E-state index is 13.0. The van der Waals surface area contributed by atoms with Crippen LogP contribution in [0.4, 0.5) is 11.4 Å². The summed E-state index contributed by atoms with van der Waals surface area (Å²) in [5.41, 5.74) is 1.47. The summed E-state index contributed by atoms with van der Waals surface area (Å²) in [4.78, 5) is 12.5. The summed E-state index contributed by atoms with van der Waals surface area (Å²) in [6.45, 7) is 7.06. The second kappa shape index (κ2) is 7.70. The molecule has 1 heterocycles. The van der Waals surface area contributed by atoms with E-state index in [1.54, 1.807) is 13.8 Å². The van der Waals surface area contributed by atoms with Crippen molar-refractivity contribution in [3.05, 3.63) is 53.6 Å². The number of sulfonamides is 2. The number of nitrogens with one attached hydrogen (secondary N) is 1. The fourth-order valence-electron chi connectivity index (χ4n) is 3.59. The predicted octanol–water partition coefficient (Wildman–Crippen LogP) is 3.31. The van der Waals surface area contributed by atoms with E-state index in [4.69, 9.17) is 0 Å². The maximum atomic E-state index is 13.0. The Morgan fingerprint density at radius 3 is 1.97 bits per heavy atom. The largest absolute Gasteiger partial charge is 0.279 e. The molecule has 0 bridgehead atoms. The van der Waals surface area contributed by atoms with Gasteiger partial charge in [0.05, 0.1) is 27.4 Å². The van der Waals surface area contributed by atoms with Crippen molar-refractivity contribution in [2.75, 3.05) is 14.8 Å². The first-order chi connectivity index (χ1) is 13.9. The summed E-state index contributed by atoms with van der Waals surface area (Å²) in [5, 5.41) is 0. The van der Waals surface area contributed by atoms with Gasteiger partial charge in [0.25, 0.3) is 10.0 Å². The molecule has 9 heteroatoms. The molecule has 0 aromatic heterocycles. The van der Waals surface area contributed by atoms with Crippen LogP contribution >= 0.6 is 0 Å². The van der Waals surface area contributed by atoms with Gasteiger partial charge in [0.1, 0.15) is 0 Å². The van der Waals surface area contributed by atoms with E-state index in [-0.39, 0.29) is 16.3 Å². The molecule has 1 saturated heterocycles. The van der Waals surface area contributed by atoms with E-state index in [9.17, 15) is 21.6 Å². The smallest absolute Gasteiger partial charge is 0.261 e. The van der Waals surface area contributed by atoms with Crippen molar-refractivity contribution in [1.29, 1.82) is 0 Å². The van der Waals surface area contributed by atoms with Crippen LogP contribution in [0.1, 0.15) is 38.8 Å². The number of hydrogen-bond donors (Lipinski definition) is 1. The number of rotatable bonds is 6. The first-order valence-corrected chi connectivity index (χ1v) is 12.8. The van der Waals surface area contributed by atoms with Crippen LogP contribution in [0.2, 0.25) is 0 Å². The number of para-hydroxylation sites is 1. The molecule has 1 N–H and O–H groups in total. The number of carbonyl (C=O) groups excluding carboxylic acids is 1. The van der Waals surface area contributed by atoms with Gasteiger partial charge in [-0.2, -0.15) is 0 Å². The van der Waals surface area contributed by atoms with Gasteiger partial charge in [-0.3, -0.25) is 9.52 Å². The van der Waals surface area contributed by atoms with Gasteiger partial charge >= 0.3 is 0 Å². The van der Waals surface area contributed by atoms with Crippen LogP contribution in [0.5, 0.6) is 0 Å². The van der Waals surface area contributed by atoms with Crippen molar-refractivity contribution in [1.82, 2.24) is 0 Å². The minimum absolute atomic E-state index is 0.0116. The Bertz CT molecular complexity index is 1160. The molecule has 0 radical (unpaired) electrons. The highest BCUT2D eigenvalue weighted by atomic mass is 32.2. The zero-order valence-electron chi connectivity index (χ0n) is 17.5. The summed E-state index contributed by atoms with van der Waals surface area (Å²) in [6.07, 6.45) is 1.35. The van der Waals surface area contributed by atoms with Crippen LogP contribution in [-0.2, 0) is 37.7 Å². The van der Waals surface area contributed by atoms with Crippen LogP contribution in [0.3, 0.4) is 0 Å². The van der Waals surface area contributed by atoms with Gasteiger partial charge in [-0.05, 0) is 62.1 Å². The zero-order chi connectivity index (χ0) is 22.3. The highest BCUT2D eigenvalue weighted by Gasteiger charge is 2.49. The molecule has 0 saturated carbocycles. The van der Waals surface area contributed by atoms with Gasteiger partial charge in [0.2, 0.25) is 15.9 Å². The van der Waals surface area contributed by atoms with E-state index in [1.807, 2.05) is 32.0 Å². The van der Waals surface area contributed by atoms with Crippen molar-refractivity contribution < 1.29 is 21.6 Å². The zero-order valence-corrected chi connectivity index (χ0v) is 19.1. The lowest BCUT2D eigenvalue weighted by atomic mass is 9.95. The van der Waals surface area contributed by atoms with Gasteiger partial charge in [0.15, 0.2) is 0 Å². The maximum Gasteiger partial charge on any atom is 0.261 e. The van der Waals surface area contributed by atoms with Crippen molar-refractivity contribution in [3.8, 4) is 0 Å². The Morgan fingerprint density at radius 1 is 1.00 bits per heavy atom. The Labute approximate surface area is 178 Å². The first kappa shape index (κ1) is 22.3. The third-order valence-corrected chi connectivity index (χ3v) is 8.59. The number of anilines is 2. The molecule has 7 nitrogen and oxygen atoms in total. The molecule has 0 unspecified atom stereocenters. The average Bonchev–Trinajstić information content (AvgIpc) is 2.84. The first-order valence-electron chi connectivity index (χ1n) is 9.74. The van der Waals surface area contributed by atoms with E-state index in [0.29, 0.717) is 18.5 Å². The summed E-state index contributed by atoms with van der Waals surface area (Å²) in [6, 6.07) is 11.0. The third kappa shape index (κ3) is 3.96. The second-order valence-corrected chi connectivity index (χ2v) is 11.5. The van der Waals surface area contributed by atoms with Crippen molar-refractivity contribution in [2.45, 2.75) is 45.4 Å². The lowest BCUT2D eigenvalue weighted by Crippen LogP contribution is -2.32. The quantitative estimate of drug-likeness (QED) is 0.728. The van der Waals surface area contributed by atoms with E-state index in [2.05, 4.69) is 4.72 Å². The van der Waals surface area contributed by atoms with Crippen molar-refractivity contribution in [2.24, 2.45) is 5.41 Å². The molecule has 1 aliphatic heterocycles. The number of aryl methyl sites for hydroxylation is 2. The fraction of sp³-hybridized carbons (Fsp3) is 0.381. The minimum atomic E-state index is -3.89. The van der Waals surface area contributed by atoms with Crippen LogP contribution in [-0.4, -0.2) is 28.5 Å². The molecular formula is C21H26N2O5S2. The Kier molecular flexibility index (Phi) is 5.72. The molecule has 2 aromatic rings. The monoisotopic (exact) mass is 450 g/mol. The molecule has 30 heavy (non-hydrogen) atoms. The van der Waals surface area contributed by atoms with Gasteiger partial charge in [-0.1, -0.05) is 32.0 Å². The standard InChI is InChI=1S/C21H26N2O5S2/c1-5-15-8-7-9-16(6-2)19(15)22-30(27,28)18-12-10-17(11-13-18)23-20(24)21(3,4)14-29(23,25)26/h7-13,22H,5-6,14H2,1-4H3. The number of benzene rings is 2. The van der Waals surface area contributed by atoms with Gasteiger partial charge < -0.3 is 0 Å².